The van der Waals surface area contributed by atoms with Gasteiger partial charge in [0.25, 0.3) is 0 Å². The lowest BCUT2D eigenvalue weighted by atomic mass is 10.0. The molecule has 2 fully saturated rings. The van der Waals surface area contributed by atoms with E-state index in [1.165, 1.54) is 0 Å². The van der Waals surface area contributed by atoms with Gasteiger partial charge in [-0.05, 0) is 27.2 Å². The average molecular weight is 281 g/mol. The van der Waals surface area contributed by atoms with Crippen LogP contribution in [0.5, 0.6) is 0 Å². The van der Waals surface area contributed by atoms with E-state index in [9.17, 15) is 4.79 Å². The summed E-state index contributed by atoms with van der Waals surface area (Å²) in [4.78, 5) is 16.0. The van der Waals surface area contributed by atoms with Crippen LogP contribution >= 0.6 is 0 Å². The molecule has 0 N–H and O–H groups in total. The third-order valence-corrected chi connectivity index (χ3v) is 3.54. The predicted octanol–water partition coefficient (Wildman–Crippen LogP) is 1.22. The maximum absolute atomic E-state index is 12.0. The van der Waals surface area contributed by atoms with Crippen molar-refractivity contribution < 1.29 is 14.3 Å². The van der Waals surface area contributed by atoms with Crippen molar-refractivity contribution in [3.05, 3.63) is 0 Å². The van der Waals surface area contributed by atoms with Crippen LogP contribution in [0.25, 0.3) is 0 Å². The molecule has 0 aliphatic carbocycles. The number of ether oxygens (including phenoxy) is 2. The van der Waals surface area contributed by atoms with Gasteiger partial charge in [0.05, 0.1) is 12.7 Å². The molecule has 0 aromatic rings. The highest BCUT2D eigenvalue weighted by molar-refractivity contribution is 5.69. The molecule has 0 saturated carbocycles. The second kappa shape index (κ2) is 5.98. The van der Waals surface area contributed by atoms with Crippen LogP contribution in [0.3, 0.4) is 0 Å². The molecule has 0 radical (unpaired) electrons. The first-order valence-corrected chi connectivity index (χ1v) is 7.12. The monoisotopic (exact) mass is 281 g/mol. The van der Waals surface area contributed by atoms with Gasteiger partial charge < -0.3 is 14.4 Å². The molecular formula is C14H23N3O3. The van der Waals surface area contributed by atoms with Crippen LogP contribution in [0.1, 0.15) is 27.2 Å². The van der Waals surface area contributed by atoms with E-state index in [1.807, 2.05) is 20.8 Å². The number of rotatable bonds is 2. The highest BCUT2D eigenvalue weighted by Gasteiger charge is 2.36. The summed E-state index contributed by atoms with van der Waals surface area (Å²) in [6.45, 7) is 9.19. The zero-order valence-electron chi connectivity index (χ0n) is 12.5. The van der Waals surface area contributed by atoms with E-state index >= 15 is 0 Å². The maximum atomic E-state index is 12.0. The zero-order chi connectivity index (χ0) is 14.8. The van der Waals surface area contributed by atoms with Crippen LogP contribution in [0, 0.1) is 11.3 Å². The van der Waals surface area contributed by atoms with E-state index in [4.69, 9.17) is 14.7 Å². The van der Waals surface area contributed by atoms with Gasteiger partial charge in [0.1, 0.15) is 5.60 Å². The van der Waals surface area contributed by atoms with Crippen molar-refractivity contribution in [1.29, 1.82) is 5.26 Å². The minimum absolute atomic E-state index is 0.197. The number of nitriles is 1. The Bertz CT molecular complexity index is 399. The SMILES string of the molecule is CC(C)(C)OC(=O)N1CCC1CN1CCOC(C#N)C1. The Morgan fingerprint density at radius 3 is 2.75 bits per heavy atom. The third kappa shape index (κ3) is 3.84. The summed E-state index contributed by atoms with van der Waals surface area (Å²) in [5.74, 6) is 0. The van der Waals surface area contributed by atoms with E-state index in [0.29, 0.717) is 13.2 Å². The molecule has 0 aromatic carbocycles. The minimum atomic E-state index is -0.456. The van der Waals surface area contributed by atoms with Crippen LogP contribution < -0.4 is 0 Å². The second-order valence-electron chi connectivity index (χ2n) is 6.36. The molecule has 2 heterocycles. The number of carbonyl (C=O) groups is 1. The molecule has 2 saturated heterocycles. The van der Waals surface area contributed by atoms with Gasteiger partial charge in [-0.15, -0.1) is 0 Å². The molecule has 0 aromatic heterocycles. The van der Waals surface area contributed by atoms with Crippen LogP contribution in [0.4, 0.5) is 4.79 Å². The van der Waals surface area contributed by atoms with Gasteiger partial charge in [-0.1, -0.05) is 0 Å². The molecule has 112 valence electrons. The van der Waals surface area contributed by atoms with Gasteiger partial charge in [-0.3, -0.25) is 4.90 Å². The Balaban J connectivity index is 1.82. The largest absolute Gasteiger partial charge is 0.444 e. The number of likely N-dealkylation sites (tertiary alicyclic amines) is 1. The summed E-state index contributed by atoms with van der Waals surface area (Å²) in [5.41, 5.74) is -0.456. The molecule has 0 spiro atoms. The number of morpholine rings is 1. The Labute approximate surface area is 120 Å². The summed E-state index contributed by atoms with van der Waals surface area (Å²) in [5, 5.41) is 8.90. The van der Waals surface area contributed by atoms with Crippen molar-refractivity contribution in [3.8, 4) is 6.07 Å². The molecular weight excluding hydrogens is 258 g/mol. The first kappa shape index (κ1) is 15.1. The highest BCUT2D eigenvalue weighted by Crippen LogP contribution is 2.22. The number of hydrogen-bond donors (Lipinski definition) is 0. The van der Waals surface area contributed by atoms with Crippen molar-refractivity contribution >= 4 is 6.09 Å². The number of amides is 1. The van der Waals surface area contributed by atoms with Crippen LogP contribution in [-0.4, -0.2) is 66.4 Å². The molecule has 1 amide bonds. The smallest absolute Gasteiger partial charge is 0.410 e. The van der Waals surface area contributed by atoms with Gasteiger partial charge in [0, 0.05) is 32.2 Å². The average Bonchev–Trinajstić information content (AvgIpc) is 2.32. The summed E-state index contributed by atoms with van der Waals surface area (Å²) in [6.07, 6.45) is 0.408. The Hall–Kier alpha value is -1.32. The predicted molar refractivity (Wildman–Crippen MR) is 73.1 cm³/mol. The van der Waals surface area contributed by atoms with Crippen LogP contribution in [0.15, 0.2) is 0 Å². The van der Waals surface area contributed by atoms with E-state index in [1.54, 1.807) is 4.90 Å². The summed E-state index contributed by atoms with van der Waals surface area (Å²) in [6, 6.07) is 2.34. The minimum Gasteiger partial charge on any atom is -0.444 e. The quantitative estimate of drug-likeness (QED) is 0.761. The van der Waals surface area contributed by atoms with Gasteiger partial charge in [-0.2, -0.15) is 5.26 Å². The first-order valence-electron chi connectivity index (χ1n) is 7.12. The third-order valence-electron chi connectivity index (χ3n) is 3.54. The lowest BCUT2D eigenvalue weighted by Gasteiger charge is -2.44. The second-order valence-corrected chi connectivity index (χ2v) is 6.36. The van der Waals surface area contributed by atoms with E-state index in [-0.39, 0.29) is 18.2 Å². The molecule has 6 nitrogen and oxygen atoms in total. The summed E-state index contributed by atoms with van der Waals surface area (Å²) < 4.78 is 10.7. The Kier molecular flexibility index (Phi) is 4.51. The Morgan fingerprint density at radius 1 is 1.45 bits per heavy atom. The van der Waals surface area contributed by atoms with Crippen molar-refractivity contribution in [1.82, 2.24) is 9.80 Å². The summed E-state index contributed by atoms with van der Waals surface area (Å²) in [7, 11) is 0. The first-order chi connectivity index (χ1) is 9.39. The van der Waals surface area contributed by atoms with Crippen molar-refractivity contribution in [2.24, 2.45) is 0 Å². The lowest BCUT2D eigenvalue weighted by molar-refractivity contribution is -0.0345. The van der Waals surface area contributed by atoms with Gasteiger partial charge in [0.15, 0.2) is 6.10 Å². The van der Waals surface area contributed by atoms with E-state index in [2.05, 4.69) is 11.0 Å². The summed E-state index contributed by atoms with van der Waals surface area (Å²) >= 11 is 0. The Morgan fingerprint density at radius 2 is 2.20 bits per heavy atom. The molecule has 2 rings (SSSR count). The number of carbonyl (C=O) groups excluding carboxylic acids is 1. The van der Waals surface area contributed by atoms with Crippen molar-refractivity contribution in [2.75, 3.05) is 32.8 Å². The van der Waals surface area contributed by atoms with E-state index in [0.717, 1.165) is 26.1 Å². The molecule has 2 unspecified atom stereocenters. The number of nitrogens with zero attached hydrogens (tertiary/aromatic N) is 3. The zero-order valence-corrected chi connectivity index (χ0v) is 12.5. The standard InChI is InChI=1S/C14H23N3O3/c1-14(2,3)20-13(18)17-5-4-11(17)9-16-6-7-19-12(8-15)10-16/h11-12H,4-7,9-10H2,1-3H3. The molecule has 0 bridgehead atoms. The highest BCUT2D eigenvalue weighted by atomic mass is 16.6. The fraction of sp³-hybridized carbons (Fsp3) is 0.857. The van der Waals surface area contributed by atoms with Crippen molar-refractivity contribution in [2.45, 2.75) is 44.9 Å². The number of hydrogen-bond acceptors (Lipinski definition) is 5. The fourth-order valence-corrected chi connectivity index (χ4v) is 2.44. The maximum Gasteiger partial charge on any atom is 0.410 e. The fourth-order valence-electron chi connectivity index (χ4n) is 2.44. The van der Waals surface area contributed by atoms with Gasteiger partial charge >= 0.3 is 6.09 Å². The molecule has 2 aliphatic heterocycles. The molecule has 2 atom stereocenters. The van der Waals surface area contributed by atoms with Crippen LogP contribution in [0.2, 0.25) is 0 Å². The van der Waals surface area contributed by atoms with E-state index < -0.39 is 5.60 Å². The molecule has 2 aliphatic rings. The van der Waals surface area contributed by atoms with Gasteiger partial charge in [0.2, 0.25) is 0 Å². The lowest BCUT2D eigenvalue weighted by Crippen LogP contribution is -2.58. The molecule has 20 heavy (non-hydrogen) atoms. The van der Waals surface area contributed by atoms with Crippen LogP contribution in [-0.2, 0) is 9.47 Å². The van der Waals surface area contributed by atoms with Crippen molar-refractivity contribution in [3.63, 3.8) is 0 Å². The normalized spacial score (nSPS) is 27.6. The van der Waals surface area contributed by atoms with Gasteiger partial charge in [-0.25, -0.2) is 4.79 Å². The topological polar surface area (TPSA) is 65.8 Å². The molecule has 6 heteroatoms.